The summed E-state index contributed by atoms with van der Waals surface area (Å²) in [5.41, 5.74) is 0.144. The molecule has 0 aliphatic heterocycles. The average molecular weight is 189 g/mol. The normalized spacial score (nSPS) is 9.46. The molecule has 5 nitrogen and oxygen atoms in total. The van der Waals surface area contributed by atoms with Crippen molar-refractivity contribution in [1.82, 2.24) is 4.90 Å². The number of hydrogen-bond donors (Lipinski definition) is 2. The summed E-state index contributed by atoms with van der Waals surface area (Å²) >= 11 is 0. The van der Waals surface area contributed by atoms with Gasteiger partial charge >= 0.3 is 5.97 Å². The quantitative estimate of drug-likeness (QED) is 0.412. The minimum Gasteiger partial charge on any atom is -0.464 e. The number of hydrogen-bond acceptors (Lipinski definition) is 5. The molecule has 0 saturated carbocycles. The number of nitrogens with zero attached hydrogens (tertiary/aromatic N) is 1. The van der Waals surface area contributed by atoms with Crippen LogP contribution >= 0.6 is 0 Å². The second kappa shape index (κ2) is 6.45. The van der Waals surface area contributed by atoms with Crippen molar-refractivity contribution in [1.29, 1.82) is 0 Å². The first-order chi connectivity index (χ1) is 6.17. The lowest BCUT2D eigenvalue weighted by molar-refractivity contribution is -0.138. The van der Waals surface area contributed by atoms with E-state index < -0.39 is 5.97 Å². The molecule has 0 spiro atoms. The molecule has 0 atom stereocenters. The Labute approximate surface area is 77.2 Å². The molecule has 0 fully saturated rings. The first-order valence-electron chi connectivity index (χ1n) is 3.91. The molecule has 0 radical (unpaired) electrons. The van der Waals surface area contributed by atoms with Crippen LogP contribution in [-0.4, -0.2) is 54.5 Å². The van der Waals surface area contributed by atoms with Gasteiger partial charge in [-0.3, -0.25) is 0 Å². The molecule has 13 heavy (non-hydrogen) atoms. The lowest BCUT2D eigenvalue weighted by Crippen LogP contribution is -2.32. The van der Waals surface area contributed by atoms with Gasteiger partial charge in [-0.1, -0.05) is 6.58 Å². The smallest absolute Gasteiger partial charge is 0.353 e. The van der Waals surface area contributed by atoms with E-state index in [1.165, 1.54) is 12.0 Å². The Morgan fingerprint density at radius 2 is 1.85 bits per heavy atom. The molecule has 76 valence electrons. The Bertz CT molecular complexity index is 175. The fourth-order valence-corrected chi connectivity index (χ4v) is 0.870. The minimum atomic E-state index is -0.554. The zero-order chi connectivity index (χ0) is 10.3. The number of methoxy groups -OCH3 is 1. The highest BCUT2D eigenvalue weighted by atomic mass is 16.5. The Morgan fingerprint density at radius 1 is 1.38 bits per heavy atom. The highest BCUT2D eigenvalue weighted by molar-refractivity contribution is 5.86. The third kappa shape index (κ3) is 3.91. The molecule has 0 saturated heterocycles. The topological polar surface area (TPSA) is 70.0 Å². The summed E-state index contributed by atoms with van der Waals surface area (Å²) in [5.74, 6) is -0.554. The summed E-state index contributed by atoms with van der Waals surface area (Å²) in [4.78, 5) is 12.4. The van der Waals surface area contributed by atoms with Gasteiger partial charge in [0.2, 0.25) is 0 Å². The van der Waals surface area contributed by atoms with E-state index in [9.17, 15) is 4.79 Å². The molecule has 0 bridgehead atoms. The lowest BCUT2D eigenvalue weighted by Gasteiger charge is -2.22. The van der Waals surface area contributed by atoms with Crippen molar-refractivity contribution in [3.8, 4) is 0 Å². The molecule has 0 aromatic heterocycles. The molecule has 0 aliphatic carbocycles. The van der Waals surface area contributed by atoms with Crippen LogP contribution in [0.25, 0.3) is 0 Å². The van der Waals surface area contributed by atoms with Gasteiger partial charge < -0.3 is 19.8 Å². The molecule has 0 unspecified atom stereocenters. The number of esters is 1. The van der Waals surface area contributed by atoms with Crippen molar-refractivity contribution >= 4 is 5.97 Å². The van der Waals surface area contributed by atoms with Gasteiger partial charge in [0.1, 0.15) is 5.70 Å². The third-order valence-corrected chi connectivity index (χ3v) is 1.54. The number of carbonyl (C=O) groups is 1. The van der Waals surface area contributed by atoms with Crippen LogP contribution in [0.5, 0.6) is 0 Å². The van der Waals surface area contributed by atoms with Crippen LogP contribution in [0.1, 0.15) is 0 Å². The maximum atomic E-state index is 11.0. The second-order valence-corrected chi connectivity index (χ2v) is 2.37. The number of carbonyl (C=O) groups excluding carboxylic acids is 1. The molecule has 0 rings (SSSR count). The van der Waals surface area contributed by atoms with Gasteiger partial charge in [-0.25, -0.2) is 4.79 Å². The van der Waals surface area contributed by atoms with E-state index in [2.05, 4.69) is 11.3 Å². The first-order valence-corrected chi connectivity index (χ1v) is 3.91. The van der Waals surface area contributed by atoms with Crippen molar-refractivity contribution in [2.75, 3.05) is 33.4 Å². The van der Waals surface area contributed by atoms with Crippen LogP contribution in [0.4, 0.5) is 0 Å². The van der Waals surface area contributed by atoms with E-state index in [0.717, 1.165) is 0 Å². The highest BCUT2D eigenvalue weighted by Crippen LogP contribution is 2.02. The summed E-state index contributed by atoms with van der Waals surface area (Å²) in [7, 11) is 1.25. The van der Waals surface area contributed by atoms with Crippen LogP contribution in [0.15, 0.2) is 12.3 Å². The summed E-state index contributed by atoms with van der Waals surface area (Å²) < 4.78 is 4.44. The fourth-order valence-electron chi connectivity index (χ4n) is 0.870. The molecule has 0 heterocycles. The Morgan fingerprint density at radius 3 is 2.15 bits per heavy atom. The summed E-state index contributed by atoms with van der Waals surface area (Å²) in [6.45, 7) is 3.81. The maximum absolute atomic E-state index is 11.0. The lowest BCUT2D eigenvalue weighted by atomic mass is 10.4. The maximum Gasteiger partial charge on any atom is 0.353 e. The van der Waals surface area contributed by atoms with Gasteiger partial charge in [-0.15, -0.1) is 0 Å². The predicted octanol–water partition coefficient (Wildman–Crippen LogP) is -1.04. The fraction of sp³-hybridized carbons (Fsp3) is 0.625. The molecule has 0 aliphatic rings. The molecule has 5 heteroatoms. The average Bonchev–Trinajstić information content (AvgIpc) is 2.15. The Hall–Kier alpha value is -1.07. The zero-order valence-electron chi connectivity index (χ0n) is 7.69. The van der Waals surface area contributed by atoms with E-state index in [1.54, 1.807) is 0 Å². The van der Waals surface area contributed by atoms with Gasteiger partial charge in [0.15, 0.2) is 0 Å². The molecular weight excluding hydrogens is 174 g/mol. The van der Waals surface area contributed by atoms with Crippen molar-refractivity contribution in [2.45, 2.75) is 0 Å². The molecule has 2 N–H and O–H groups in total. The van der Waals surface area contributed by atoms with E-state index in [4.69, 9.17) is 10.2 Å². The summed E-state index contributed by atoms with van der Waals surface area (Å²) in [5, 5.41) is 17.3. The molecular formula is C8H15NO4. The molecule has 0 aromatic carbocycles. The van der Waals surface area contributed by atoms with Gasteiger partial charge in [0.05, 0.1) is 20.3 Å². The second-order valence-electron chi connectivity index (χ2n) is 2.37. The van der Waals surface area contributed by atoms with Crippen LogP contribution < -0.4 is 0 Å². The third-order valence-electron chi connectivity index (χ3n) is 1.54. The molecule has 0 amide bonds. The number of ether oxygens (including phenoxy) is 1. The van der Waals surface area contributed by atoms with Crippen molar-refractivity contribution in [2.24, 2.45) is 0 Å². The Balaban J connectivity index is 4.18. The zero-order valence-corrected chi connectivity index (χ0v) is 7.69. The van der Waals surface area contributed by atoms with E-state index >= 15 is 0 Å². The largest absolute Gasteiger partial charge is 0.464 e. The van der Waals surface area contributed by atoms with Crippen molar-refractivity contribution in [3.63, 3.8) is 0 Å². The van der Waals surface area contributed by atoms with Crippen LogP contribution in [0.2, 0.25) is 0 Å². The summed E-state index contributed by atoms with van der Waals surface area (Å²) in [6, 6.07) is 0. The van der Waals surface area contributed by atoms with Crippen molar-refractivity contribution < 1.29 is 19.7 Å². The SMILES string of the molecule is C=C(C(=O)OC)N(CCO)CCO. The monoisotopic (exact) mass is 189 g/mol. The van der Waals surface area contributed by atoms with E-state index in [1.807, 2.05) is 0 Å². The number of aliphatic hydroxyl groups is 2. The predicted molar refractivity (Wildman–Crippen MR) is 46.9 cm³/mol. The highest BCUT2D eigenvalue weighted by Gasteiger charge is 2.14. The Kier molecular flexibility index (Phi) is 5.92. The van der Waals surface area contributed by atoms with E-state index in [0.29, 0.717) is 0 Å². The number of aliphatic hydroxyl groups excluding tert-OH is 2. The number of rotatable bonds is 6. The van der Waals surface area contributed by atoms with Crippen LogP contribution in [-0.2, 0) is 9.53 Å². The molecule has 0 aromatic rings. The van der Waals surface area contributed by atoms with Gasteiger partial charge in [-0.2, -0.15) is 0 Å². The van der Waals surface area contributed by atoms with Crippen LogP contribution in [0.3, 0.4) is 0 Å². The van der Waals surface area contributed by atoms with Crippen molar-refractivity contribution in [3.05, 3.63) is 12.3 Å². The summed E-state index contributed by atoms with van der Waals surface area (Å²) in [6.07, 6.45) is 0. The van der Waals surface area contributed by atoms with E-state index in [-0.39, 0.29) is 32.0 Å². The van der Waals surface area contributed by atoms with Gasteiger partial charge in [-0.05, 0) is 0 Å². The standard InChI is InChI=1S/C8H15NO4/c1-7(8(12)13-2)9(3-5-10)4-6-11/h10-11H,1,3-6H2,2H3. The van der Waals surface area contributed by atoms with Crippen LogP contribution in [0, 0.1) is 0 Å². The van der Waals surface area contributed by atoms with Gasteiger partial charge in [0, 0.05) is 13.1 Å². The first kappa shape index (κ1) is 11.9. The minimum absolute atomic E-state index is 0.101. The van der Waals surface area contributed by atoms with Gasteiger partial charge in [0.25, 0.3) is 0 Å².